The summed E-state index contributed by atoms with van der Waals surface area (Å²) in [6.07, 6.45) is 1.92. The van der Waals surface area contributed by atoms with Gasteiger partial charge in [0.15, 0.2) is 0 Å². The largest absolute Gasteiger partial charge is 0.309 e. The molecule has 0 atom stereocenters. The van der Waals surface area contributed by atoms with E-state index >= 15 is 0 Å². The fraction of sp³-hybridized carbons (Fsp3) is 0. The van der Waals surface area contributed by atoms with E-state index in [0.717, 1.165) is 49.9 Å². The van der Waals surface area contributed by atoms with E-state index in [2.05, 4.69) is 223 Å². The lowest BCUT2D eigenvalue weighted by molar-refractivity contribution is 1.18. The van der Waals surface area contributed by atoms with Gasteiger partial charge in [-0.1, -0.05) is 176 Å². The van der Waals surface area contributed by atoms with E-state index in [1.54, 1.807) is 0 Å². The van der Waals surface area contributed by atoms with Crippen molar-refractivity contribution in [3.8, 4) is 61.5 Å². The zero-order valence-corrected chi connectivity index (χ0v) is 33.2. The molecule has 2 aromatic heterocycles. The van der Waals surface area contributed by atoms with E-state index in [1.807, 2.05) is 6.20 Å². The van der Waals surface area contributed by atoms with Gasteiger partial charge < -0.3 is 4.57 Å². The van der Waals surface area contributed by atoms with Gasteiger partial charge in [0.1, 0.15) is 0 Å². The summed E-state index contributed by atoms with van der Waals surface area (Å²) >= 11 is 0. The topological polar surface area (TPSA) is 30.7 Å². The Hall–Kier alpha value is -8.14. The number of benzene rings is 10. The van der Waals surface area contributed by atoms with E-state index < -0.39 is 0 Å². The highest BCUT2D eigenvalue weighted by atomic mass is 15.0. The normalized spacial score (nSPS) is 11.6. The molecule has 0 bridgehead atoms. The Kier molecular flexibility index (Phi) is 8.17. The molecule has 3 nitrogen and oxygen atoms in total. The van der Waals surface area contributed by atoms with Crippen LogP contribution in [0.25, 0.3) is 116 Å². The summed E-state index contributed by atoms with van der Waals surface area (Å²) in [5, 5.41) is 7.13. The molecule has 284 valence electrons. The van der Waals surface area contributed by atoms with Gasteiger partial charge in [-0.05, 0) is 97.7 Å². The molecule has 0 amide bonds. The number of para-hydroxylation sites is 1. The molecule has 0 aliphatic rings. The molecular weight excluding hydrogens is 739 g/mol. The van der Waals surface area contributed by atoms with Gasteiger partial charge in [0.2, 0.25) is 0 Å². The fourth-order valence-electron chi connectivity index (χ4n) is 9.24. The van der Waals surface area contributed by atoms with Crippen LogP contribution in [-0.4, -0.2) is 14.5 Å². The zero-order chi connectivity index (χ0) is 40.3. The zero-order valence-electron chi connectivity index (χ0n) is 33.2. The van der Waals surface area contributed by atoms with Crippen molar-refractivity contribution in [3.63, 3.8) is 0 Å². The van der Waals surface area contributed by atoms with Gasteiger partial charge in [0, 0.05) is 32.8 Å². The Balaban J connectivity index is 0.895. The van der Waals surface area contributed by atoms with Crippen LogP contribution in [0.2, 0.25) is 0 Å². The monoisotopic (exact) mass is 775 g/mol. The third-order valence-corrected chi connectivity index (χ3v) is 12.2. The molecule has 0 unspecified atom stereocenters. The van der Waals surface area contributed by atoms with Crippen molar-refractivity contribution >= 4 is 54.4 Å². The van der Waals surface area contributed by atoms with Crippen LogP contribution in [0.4, 0.5) is 0 Å². The molecular formula is C58H37N3. The Morgan fingerprint density at radius 2 is 0.721 bits per heavy atom. The summed E-state index contributed by atoms with van der Waals surface area (Å²) in [4.78, 5) is 10.3. The van der Waals surface area contributed by atoms with Crippen molar-refractivity contribution in [2.45, 2.75) is 0 Å². The number of hydrogen-bond donors (Lipinski definition) is 0. The van der Waals surface area contributed by atoms with Gasteiger partial charge in [-0.2, -0.15) is 0 Å². The van der Waals surface area contributed by atoms with Gasteiger partial charge in [-0.15, -0.1) is 0 Å². The van der Waals surface area contributed by atoms with Crippen LogP contribution in [0.5, 0.6) is 0 Å². The minimum atomic E-state index is 0.860. The number of aromatic nitrogens is 3. The smallest absolute Gasteiger partial charge is 0.0979 e. The van der Waals surface area contributed by atoms with Crippen molar-refractivity contribution in [1.82, 2.24) is 14.5 Å². The Bertz CT molecular complexity index is 3600. The molecule has 0 aliphatic heterocycles. The van der Waals surface area contributed by atoms with Crippen molar-refractivity contribution < 1.29 is 0 Å². The lowest BCUT2D eigenvalue weighted by Crippen LogP contribution is -1.94. The highest BCUT2D eigenvalue weighted by Gasteiger charge is 2.16. The lowest BCUT2D eigenvalue weighted by atomic mass is 9.95. The third kappa shape index (κ3) is 5.98. The maximum Gasteiger partial charge on any atom is 0.0979 e. The van der Waals surface area contributed by atoms with Gasteiger partial charge >= 0.3 is 0 Å². The fourth-order valence-corrected chi connectivity index (χ4v) is 9.24. The van der Waals surface area contributed by atoms with Crippen molar-refractivity contribution in [2.75, 3.05) is 0 Å². The second-order valence-electron chi connectivity index (χ2n) is 15.8. The van der Waals surface area contributed by atoms with Crippen LogP contribution in [-0.2, 0) is 0 Å². The van der Waals surface area contributed by atoms with Gasteiger partial charge in [0.05, 0.1) is 34.0 Å². The second kappa shape index (κ2) is 14.3. The molecule has 2 heterocycles. The first-order chi connectivity index (χ1) is 30.2. The summed E-state index contributed by atoms with van der Waals surface area (Å²) in [5.41, 5.74) is 16.7. The Morgan fingerprint density at radius 1 is 0.279 bits per heavy atom. The quantitative estimate of drug-likeness (QED) is 0.158. The average Bonchev–Trinajstić information content (AvgIpc) is 3.68. The molecule has 3 heteroatoms. The minimum absolute atomic E-state index is 0.860. The molecule has 10 aromatic carbocycles. The second-order valence-corrected chi connectivity index (χ2v) is 15.8. The number of nitrogens with zero attached hydrogens (tertiary/aromatic N) is 3. The van der Waals surface area contributed by atoms with Gasteiger partial charge in [0.25, 0.3) is 0 Å². The van der Waals surface area contributed by atoms with Crippen molar-refractivity contribution in [2.24, 2.45) is 0 Å². The molecule has 0 saturated carbocycles. The molecule has 0 spiro atoms. The highest BCUT2D eigenvalue weighted by Crippen LogP contribution is 2.38. The Labute approximate surface area is 353 Å². The van der Waals surface area contributed by atoms with Crippen LogP contribution < -0.4 is 0 Å². The third-order valence-electron chi connectivity index (χ3n) is 12.2. The van der Waals surface area contributed by atoms with Crippen LogP contribution in [0.1, 0.15) is 0 Å². The van der Waals surface area contributed by atoms with Crippen LogP contribution in [0.3, 0.4) is 0 Å². The first-order valence-corrected chi connectivity index (χ1v) is 20.8. The van der Waals surface area contributed by atoms with E-state index in [4.69, 9.17) is 9.97 Å². The highest BCUT2D eigenvalue weighted by molar-refractivity contribution is 6.23. The average molecular weight is 776 g/mol. The molecule has 12 rings (SSSR count). The van der Waals surface area contributed by atoms with Crippen LogP contribution in [0.15, 0.2) is 225 Å². The molecule has 0 aliphatic carbocycles. The van der Waals surface area contributed by atoms with E-state index in [-0.39, 0.29) is 0 Å². The predicted molar refractivity (Wildman–Crippen MR) is 256 cm³/mol. The summed E-state index contributed by atoms with van der Waals surface area (Å²) in [6, 6.07) is 78.5. The molecule has 0 radical (unpaired) electrons. The molecule has 61 heavy (non-hydrogen) atoms. The molecule has 0 saturated heterocycles. The number of fused-ring (bicyclic) bond motifs is 9. The first kappa shape index (κ1) is 34.9. The van der Waals surface area contributed by atoms with Gasteiger partial charge in [-0.25, -0.2) is 4.98 Å². The number of hydrogen-bond acceptors (Lipinski definition) is 2. The van der Waals surface area contributed by atoms with Crippen molar-refractivity contribution in [3.05, 3.63) is 225 Å². The summed E-state index contributed by atoms with van der Waals surface area (Å²) in [6.45, 7) is 0. The minimum Gasteiger partial charge on any atom is -0.309 e. The summed E-state index contributed by atoms with van der Waals surface area (Å²) in [7, 11) is 0. The van der Waals surface area contributed by atoms with Crippen LogP contribution >= 0.6 is 0 Å². The predicted octanol–water partition coefficient (Wildman–Crippen LogP) is 15.4. The lowest BCUT2D eigenvalue weighted by Gasteiger charge is -2.12. The van der Waals surface area contributed by atoms with Crippen molar-refractivity contribution in [1.29, 1.82) is 0 Å². The maximum atomic E-state index is 5.27. The maximum absolute atomic E-state index is 5.27. The number of rotatable bonds is 6. The summed E-state index contributed by atoms with van der Waals surface area (Å²) < 4.78 is 2.40. The van der Waals surface area contributed by atoms with Crippen LogP contribution in [0, 0.1) is 0 Å². The molecule has 0 N–H and O–H groups in total. The first-order valence-electron chi connectivity index (χ1n) is 20.8. The molecule has 12 aromatic rings. The van der Waals surface area contributed by atoms with Gasteiger partial charge in [-0.3, -0.25) is 4.98 Å². The van der Waals surface area contributed by atoms with E-state index in [1.165, 1.54) is 66.0 Å². The molecule has 0 fully saturated rings. The SMILES string of the molecule is c1ccc(-c2ccc(-n3c4ccccc4c4ccc(-c5cccc(-c6cccc(-c7cccc(-c8cnc9c%10ccccc%10c%10ccccc%10c9n8)c7)c6)c5)cc43)cc2)cc1. The van der Waals surface area contributed by atoms with E-state index in [0.29, 0.717) is 0 Å². The van der Waals surface area contributed by atoms with E-state index in [9.17, 15) is 0 Å². The standard InChI is InChI=1S/C58H37N3/c1-2-13-38(14-3-1)39-27-30-47(31-28-39)61-55-26-9-8-23-50(55)51-32-29-45(36-56(51)61)43-18-11-16-41(34-43)40-15-10-17-42(33-40)44-19-12-20-46(35-44)54-37-59-57-52-24-6-4-21-48(52)49-22-5-7-25-53(49)58(57)60-54/h1-37H. The Morgan fingerprint density at radius 3 is 1.36 bits per heavy atom. The summed E-state index contributed by atoms with van der Waals surface area (Å²) in [5.74, 6) is 0.